The van der Waals surface area contributed by atoms with E-state index in [0.29, 0.717) is 41.8 Å². The Bertz CT molecular complexity index is 855. The number of nitrogens with one attached hydrogen (secondary N) is 2. The second-order valence-electron chi connectivity index (χ2n) is 5.42. The third kappa shape index (κ3) is 5.68. The Labute approximate surface area is 158 Å². The average Bonchev–Trinajstić information content (AvgIpc) is 2.66. The summed E-state index contributed by atoms with van der Waals surface area (Å²) in [5, 5.41) is 14.8. The molecular weight excluding hydrogens is 344 g/mol. The zero-order valence-corrected chi connectivity index (χ0v) is 15.3. The van der Waals surface area contributed by atoms with Crippen molar-refractivity contribution in [2.45, 2.75) is 13.8 Å². The number of carbonyl (C=O) groups is 1. The van der Waals surface area contributed by atoms with E-state index in [9.17, 15) is 10.1 Å². The smallest absolute Gasteiger partial charge is 0.267 e. The number of nitrogen functional groups attached to an aromatic ring is 1. The van der Waals surface area contributed by atoms with Crippen LogP contribution in [0.2, 0.25) is 0 Å². The molecule has 0 saturated heterocycles. The van der Waals surface area contributed by atoms with E-state index in [0.717, 1.165) is 0 Å². The molecule has 2 aromatic carbocycles. The van der Waals surface area contributed by atoms with E-state index in [1.54, 1.807) is 42.5 Å². The lowest BCUT2D eigenvalue weighted by atomic mass is 10.2. The van der Waals surface area contributed by atoms with Gasteiger partial charge >= 0.3 is 0 Å². The molecule has 2 aromatic rings. The van der Waals surface area contributed by atoms with Crippen molar-refractivity contribution in [2.75, 3.05) is 29.6 Å². The van der Waals surface area contributed by atoms with Gasteiger partial charge in [0.15, 0.2) is 11.5 Å². The summed E-state index contributed by atoms with van der Waals surface area (Å²) < 4.78 is 11.1. The van der Waals surface area contributed by atoms with Gasteiger partial charge in [-0.3, -0.25) is 4.79 Å². The number of carbonyl (C=O) groups excluding carboxylic acids is 1. The number of hydrogen-bond donors (Lipinski definition) is 3. The number of rotatable bonds is 8. The maximum atomic E-state index is 12.2. The highest BCUT2D eigenvalue weighted by Gasteiger charge is 2.10. The van der Waals surface area contributed by atoms with Crippen LogP contribution in [0.3, 0.4) is 0 Å². The number of ether oxygens (including phenoxy) is 2. The number of hydrogen-bond acceptors (Lipinski definition) is 6. The molecule has 140 valence electrons. The lowest BCUT2D eigenvalue weighted by Gasteiger charge is -2.12. The van der Waals surface area contributed by atoms with Crippen molar-refractivity contribution in [3.8, 4) is 17.6 Å². The average molecular weight is 366 g/mol. The Balaban J connectivity index is 2.11. The van der Waals surface area contributed by atoms with Crippen LogP contribution in [0.4, 0.5) is 17.1 Å². The minimum atomic E-state index is -0.522. The summed E-state index contributed by atoms with van der Waals surface area (Å²) in [5.41, 5.74) is 7.34. The van der Waals surface area contributed by atoms with E-state index in [1.807, 2.05) is 19.9 Å². The largest absolute Gasteiger partial charge is 0.490 e. The molecule has 0 fully saturated rings. The maximum Gasteiger partial charge on any atom is 0.267 e. The lowest BCUT2D eigenvalue weighted by molar-refractivity contribution is -0.112. The summed E-state index contributed by atoms with van der Waals surface area (Å²) in [6, 6.07) is 13.8. The topological polar surface area (TPSA) is 109 Å². The van der Waals surface area contributed by atoms with Gasteiger partial charge in [-0.05, 0) is 50.2 Å². The maximum absolute atomic E-state index is 12.2. The van der Waals surface area contributed by atoms with E-state index < -0.39 is 5.91 Å². The quantitative estimate of drug-likeness (QED) is 0.375. The predicted molar refractivity (Wildman–Crippen MR) is 106 cm³/mol. The monoisotopic (exact) mass is 366 g/mol. The van der Waals surface area contributed by atoms with Crippen LogP contribution in [0, 0.1) is 11.3 Å². The SMILES string of the molecule is CCOc1ccc(N/C=C(/C#N)C(=O)Nc2ccc(N)cc2)cc1OCC. The van der Waals surface area contributed by atoms with Gasteiger partial charge < -0.3 is 25.8 Å². The first-order valence-corrected chi connectivity index (χ1v) is 8.50. The second-order valence-corrected chi connectivity index (χ2v) is 5.42. The zero-order valence-electron chi connectivity index (χ0n) is 15.3. The third-order valence-electron chi connectivity index (χ3n) is 3.46. The lowest BCUT2D eigenvalue weighted by Crippen LogP contribution is -2.14. The minimum absolute atomic E-state index is 0.0707. The van der Waals surface area contributed by atoms with Crippen molar-refractivity contribution in [3.63, 3.8) is 0 Å². The first kappa shape index (κ1) is 19.7. The Morgan fingerprint density at radius 2 is 1.70 bits per heavy atom. The molecule has 0 aliphatic heterocycles. The van der Waals surface area contributed by atoms with Crippen molar-refractivity contribution in [3.05, 3.63) is 54.2 Å². The normalized spacial score (nSPS) is 10.6. The van der Waals surface area contributed by atoms with E-state index in [2.05, 4.69) is 10.6 Å². The standard InChI is InChI=1S/C20H22N4O3/c1-3-26-18-10-9-17(11-19(18)27-4-2)23-13-14(12-21)20(25)24-16-7-5-15(22)6-8-16/h5-11,13,23H,3-4,22H2,1-2H3,(H,24,25)/b14-13-. The summed E-state index contributed by atoms with van der Waals surface area (Å²) in [4.78, 5) is 12.2. The van der Waals surface area contributed by atoms with Crippen LogP contribution in [0.1, 0.15) is 13.8 Å². The van der Waals surface area contributed by atoms with Crippen LogP contribution < -0.4 is 25.8 Å². The van der Waals surface area contributed by atoms with Gasteiger partial charge in [-0.1, -0.05) is 0 Å². The molecule has 0 aromatic heterocycles. The number of benzene rings is 2. The Morgan fingerprint density at radius 3 is 2.33 bits per heavy atom. The molecule has 2 rings (SSSR count). The van der Waals surface area contributed by atoms with Crippen LogP contribution >= 0.6 is 0 Å². The van der Waals surface area contributed by atoms with Gasteiger partial charge in [-0.2, -0.15) is 5.26 Å². The molecule has 0 saturated carbocycles. The third-order valence-corrected chi connectivity index (χ3v) is 3.46. The van der Waals surface area contributed by atoms with Crippen LogP contribution in [0.5, 0.6) is 11.5 Å². The molecule has 1 amide bonds. The van der Waals surface area contributed by atoms with Gasteiger partial charge in [-0.15, -0.1) is 0 Å². The van der Waals surface area contributed by atoms with Crippen LogP contribution in [0.15, 0.2) is 54.2 Å². The fourth-order valence-corrected chi connectivity index (χ4v) is 2.21. The second kappa shape index (κ2) is 9.73. The molecule has 0 radical (unpaired) electrons. The Hall–Kier alpha value is -3.66. The van der Waals surface area contributed by atoms with Crippen molar-refractivity contribution >= 4 is 23.0 Å². The fraction of sp³-hybridized carbons (Fsp3) is 0.200. The molecule has 0 aliphatic carbocycles. The van der Waals surface area contributed by atoms with Gasteiger partial charge in [0, 0.05) is 29.3 Å². The van der Waals surface area contributed by atoms with Crippen LogP contribution in [0.25, 0.3) is 0 Å². The molecule has 0 unspecified atom stereocenters. The van der Waals surface area contributed by atoms with E-state index in [1.165, 1.54) is 6.20 Å². The summed E-state index contributed by atoms with van der Waals surface area (Å²) in [7, 11) is 0. The molecular formula is C20H22N4O3. The van der Waals surface area contributed by atoms with Crippen molar-refractivity contribution in [1.82, 2.24) is 0 Å². The zero-order chi connectivity index (χ0) is 19.6. The highest BCUT2D eigenvalue weighted by Crippen LogP contribution is 2.30. The van der Waals surface area contributed by atoms with Gasteiger partial charge in [-0.25, -0.2) is 0 Å². The van der Waals surface area contributed by atoms with Crippen molar-refractivity contribution < 1.29 is 14.3 Å². The molecule has 7 heteroatoms. The molecule has 0 atom stereocenters. The summed E-state index contributed by atoms with van der Waals surface area (Å²) in [5.74, 6) is 0.698. The predicted octanol–water partition coefficient (Wildman–Crippen LogP) is 3.52. The van der Waals surface area contributed by atoms with Crippen LogP contribution in [-0.2, 0) is 4.79 Å². The summed E-state index contributed by atoms with van der Waals surface area (Å²) >= 11 is 0. The van der Waals surface area contributed by atoms with E-state index in [-0.39, 0.29) is 5.57 Å². The fourth-order valence-electron chi connectivity index (χ4n) is 2.21. The first-order chi connectivity index (χ1) is 13.1. The summed E-state index contributed by atoms with van der Waals surface area (Å²) in [6.07, 6.45) is 1.35. The Kier molecular flexibility index (Phi) is 7.08. The molecule has 27 heavy (non-hydrogen) atoms. The molecule has 0 heterocycles. The Morgan fingerprint density at radius 1 is 1.07 bits per heavy atom. The molecule has 0 bridgehead atoms. The highest BCUT2D eigenvalue weighted by atomic mass is 16.5. The summed E-state index contributed by atoms with van der Waals surface area (Å²) in [6.45, 7) is 4.79. The number of nitrogens with zero attached hydrogens (tertiary/aromatic N) is 1. The van der Waals surface area contributed by atoms with Gasteiger partial charge in [0.1, 0.15) is 11.6 Å². The first-order valence-electron chi connectivity index (χ1n) is 8.50. The molecule has 4 N–H and O–H groups in total. The van der Waals surface area contributed by atoms with Gasteiger partial charge in [0.2, 0.25) is 0 Å². The van der Waals surface area contributed by atoms with E-state index >= 15 is 0 Å². The van der Waals surface area contributed by atoms with E-state index in [4.69, 9.17) is 15.2 Å². The minimum Gasteiger partial charge on any atom is -0.490 e. The number of nitriles is 1. The number of amides is 1. The highest BCUT2D eigenvalue weighted by molar-refractivity contribution is 6.06. The van der Waals surface area contributed by atoms with Gasteiger partial charge in [0.05, 0.1) is 13.2 Å². The number of anilines is 3. The molecule has 0 spiro atoms. The van der Waals surface area contributed by atoms with Crippen molar-refractivity contribution in [1.29, 1.82) is 5.26 Å². The van der Waals surface area contributed by atoms with Crippen molar-refractivity contribution in [2.24, 2.45) is 0 Å². The van der Waals surface area contributed by atoms with Crippen LogP contribution in [-0.4, -0.2) is 19.1 Å². The molecule has 0 aliphatic rings. The van der Waals surface area contributed by atoms with Gasteiger partial charge in [0.25, 0.3) is 5.91 Å². The number of nitrogens with two attached hydrogens (primary N) is 1. The molecule has 7 nitrogen and oxygen atoms in total.